The van der Waals surface area contributed by atoms with Crippen molar-refractivity contribution in [3.63, 3.8) is 0 Å². The highest BCUT2D eigenvalue weighted by atomic mass is 16.5. The van der Waals surface area contributed by atoms with Crippen molar-refractivity contribution in [1.82, 2.24) is 9.78 Å². The fraction of sp³-hybridized carbons (Fsp3) is 0.333. The van der Waals surface area contributed by atoms with Crippen LogP contribution in [0.15, 0.2) is 30.3 Å². The molecule has 0 atom stereocenters. The third-order valence-electron chi connectivity index (χ3n) is 3.01. The Kier molecular flexibility index (Phi) is 4.08. The average Bonchev–Trinajstić information content (AvgIpc) is 2.82. The molecule has 2 aromatic rings. The van der Waals surface area contributed by atoms with Crippen molar-refractivity contribution >= 4 is 5.97 Å². The molecule has 1 aromatic carbocycles. The van der Waals surface area contributed by atoms with E-state index in [-0.39, 0.29) is 12.3 Å². The summed E-state index contributed by atoms with van der Waals surface area (Å²) in [6.07, 6.45) is -0.0727. The van der Waals surface area contributed by atoms with E-state index < -0.39 is 5.97 Å². The minimum absolute atomic E-state index is 0.0727. The second kappa shape index (κ2) is 5.77. The largest absolute Gasteiger partial charge is 0.497 e. The van der Waals surface area contributed by atoms with E-state index in [4.69, 9.17) is 9.84 Å². The normalized spacial score (nSPS) is 10.8. The summed E-state index contributed by atoms with van der Waals surface area (Å²) in [5.41, 5.74) is 2.41. The minimum atomic E-state index is -0.879. The zero-order valence-electron chi connectivity index (χ0n) is 11.8. The molecular weight excluding hydrogens is 256 g/mol. The smallest absolute Gasteiger partial charge is 0.309 e. The molecule has 1 aromatic heterocycles. The van der Waals surface area contributed by atoms with E-state index >= 15 is 0 Å². The van der Waals surface area contributed by atoms with Crippen molar-refractivity contribution in [3.05, 3.63) is 41.7 Å². The molecule has 0 bridgehead atoms. The van der Waals surface area contributed by atoms with Gasteiger partial charge in [-0.2, -0.15) is 5.10 Å². The van der Waals surface area contributed by atoms with Crippen molar-refractivity contribution < 1.29 is 14.6 Å². The molecule has 1 N–H and O–H groups in total. The number of aromatic nitrogens is 2. The van der Waals surface area contributed by atoms with Gasteiger partial charge < -0.3 is 9.84 Å². The number of carboxylic acid groups (broad SMARTS) is 1. The van der Waals surface area contributed by atoms with Gasteiger partial charge in [0.25, 0.3) is 0 Å². The van der Waals surface area contributed by atoms with Crippen LogP contribution < -0.4 is 4.74 Å². The molecule has 0 radical (unpaired) electrons. The molecule has 20 heavy (non-hydrogen) atoms. The molecule has 0 saturated carbocycles. The van der Waals surface area contributed by atoms with Crippen LogP contribution in [0.25, 0.3) is 5.69 Å². The maximum Gasteiger partial charge on any atom is 0.309 e. The van der Waals surface area contributed by atoms with Crippen molar-refractivity contribution in [1.29, 1.82) is 0 Å². The van der Waals surface area contributed by atoms with Gasteiger partial charge in [0.1, 0.15) is 5.75 Å². The van der Waals surface area contributed by atoms with Gasteiger partial charge in [0.05, 0.1) is 24.9 Å². The number of ether oxygens (including phenoxy) is 1. The van der Waals surface area contributed by atoms with Crippen LogP contribution >= 0.6 is 0 Å². The highest BCUT2D eigenvalue weighted by molar-refractivity contribution is 5.69. The maximum atomic E-state index is 10.8. The summed E-state index contributed by atoms with van der Waals surface area (Å²) >= 11 is 0. The number of carbonyl (C=O) groups is 1. The second-order valence-electron chi connectivity index (χ2n) is 4.90. The molecule has 0 saturated heterocycles. The molecule has 0 fully saturated rings. The highest BCUT2D eigenvalue weighted by Gasteiger charge is 2.14. The molecule has 0 aliphatic carbocycles. The Morgan fingerprint density at radius 3 is 2.75 bits per heavy atom. The lowest BCUT2D eigenvalue weighted by atomic mass is 10.1. The molecule has 0 spiro atoms. The fourth-order valence-electron chi connectivity index (χ4n) is 2.05. The summed E-state index contributed by atoms with van der Waals surface area (Å²) in [5.74, 6) is 0.110. The Bertz CT molecular complexity index is 617. The number of carboxylic acids is 1. The van der Waals surface area contributed by atoms with E-state index in [9.17, 15) is 4.79 Å². The van der Waals surface area contributed by atoms with Gasteiger partial charge in [-0.1, -0.05) is 19.9 Å². The van der Waals surface area contributed by atoms with Crippen LogP contribution in [0.4, 0.5) is 0 Å². The van der Waals surface area contributed by atoms with Crippen molar-refractivity contribution in [2.45, 2.75) is 26.2 Å². The highest BCUT2D eigenvalue weighted by Crippen LogP contribution is 2.23. The van der Waals surface area contributed by atoms with Crippen LogP contribution in [-0.2, 0) is 11.2 Å². The molecule has 5 heteroatoms. The Morgan fingerprint density at radius 1 is 1.40 bits per heavy atom. The van der Waals surface area contributed by atoms with E-state index in [0.29, 0.717) is 5.69 Å². The second-order valence-corrected chi connectivity index (χ2v) is 4.90. The first-order chi connectivity index (χ1) is 9.51. The van der Waals surface area contributed by atoms with Crippen LogP contribution in [0.1, 0.15) is 31.2 Å². The lowest BCUT2D eigenvalue weighted by Crippen LogP contribution is -2.05. The molecule has 5 nitrogen and oxygen atoms in total. The van der Waals surface area contributed by atoms with E-state index in [1.165, 1.54) is 0 Å². The summed E-state index contributed by atoms with van der Waals surface area (Å²) < 4.78 is 7.00. The van der Waals surface area contributed by atoms with E-state index in [1.807, 2.05) is 30.3 Å². The first-order valence-electron chi connectivity index (χ1n) is 6.46. The molecule has 0 aliphatic rings. The molecule has 0 unspecified atom stereocenters. The number of benzene rings is 1. The number of rotatable bonds is 5. The zero-order chi connectivity index (χ0) is 14.7. The van der Waals surface area contributed by atoms with Gasteiger partial charge in [0.15, 0.2) is 0 Å². The Balaban J connectivity index is 2.47. The predicted octanol–water partition coefficient (Wildman–Crippen LogP) is 2.63. The molecular formula is C15H18N2O3. The van der Waals surface area contributed by atoms with Gasteiger partial charge in [-0.05, 0) is 24.1 Å². The van der Waals surface area contributed by atoms with Crippen molar-refractivity contribution in [2.24, 2.45) is 0 Å². The number of methoxy groups -OCH3 is 1. The zero-order valence-corrected chi connectivity index (χ0v) is 11.8. The number of nitrogens with zero attached hydrogens (tertiary/aromatic N) is 2. The monoisotopic (exact) mass is 274 g/mol. The Labute approximate surface area is 117 Å². The van der Waals surface area contributed by atoms with Crippen LogP contribution in [-0.4, -0.2) is 28.0 Å². The summed E-state index contributed by atoms with van der Waals surface area (Å²) in [7, 11) is 1.61. The molecule has 2 rings (SSSR count). The number of hydrogen-bond acceptors (Lipinski definition) is 3. The first kappa shape index (κ1) is 14.1. The van der Waals surface area contributed by atoms with E-state index in [0.717, 1.165) is 17.1 Å². The van der Waals surface area contributed by atoms with Crippen LogP contribution in [0.3, 0.4) is 0 Å². The third-order valence-corrected chi connectivity index (χ3v) is 3.01. The van der Waals surface area contributed by atoms with Gasteiger partial charge in [0.2, 0.25) is 0 Å². The van der Waals surface area contributed by atoms with Gasteiger partial charge in [-0.15, -0.1) is 0 Å². The van der Waals surface area contributed by atoms with Gasteiger partial charge in [-0.25, -0.2) is 4.68 Å². The van der Waals surface area contributed by atoms with E-state index in [1.54, 1.807) is 11.8 Å². The summed E-state index contributed by atoms with van der Waals surface area (Å²) in [6, 6.07) is 9.39. The quantitative estimate of drug-likeness (QED) is 0.910. The van der Waals surface area contributed by atoms with Crippen molar-refractivity contribution in [2.75, 3.05) is 7.11 Å². The average molecular weight is 274 g/mol. The fourth-order valence-corrected chi connectivity index (χ4v) is 2.05. The summed E-state index contributed by atoms with van der Waals surface area (Å²) in [5, 5.41) is 13.3. The number of aliphatic carboxylic acids is 1. The molecule has 0 aliphatic heterocycles. The predicted molar refractivity (Wildman–Crippen MR) is 75.5 cm³/mol. The maximum absolute atomic E-state index is 10.8. The standard InChI is InChI=1S/C15H18N2O3/c1-10(2)14-7-11(8-15(18)19)16-17(14)12-5-4-6-13(9-12)20-3/h4-7,9-10H,8H2,1-3H3,(H,18,19). The SMILES string of the molecule is COc1cccc(-n2nc(CC(=O)O)cc2C(C)C)c1. The van der Waals surface area contributed by atoms with Crippen LogP contribution in [0.2, 0.25) is 0 Å². The summed E-state index contributed by atoms with van der Waals surface area (Å²) in [4.78, 5) is 10.8. The van der Waals surface area contributed by atoms with Crippen LogP contribution in [0.5, 0.6) is 5.75 Å². The first-order valence-corrected chi connectivity index (χ1v) is 6.46. The minimum Gasteiger partial charge on any atom is -0.497 e. The number of hydrogen-bond donors (Lipinski definition) is 1. The van der Waals surface area contributed by atoms with Gasteiger partial charge in [0, 0.05) is 11.8 Å². The molecule has 0 amide bonds. The lowest BCUT2D eigenvalue weighted by molar-refractivity contribution is -0.136. The Morgan fingerprint density at radius 2 is 2.15 bits per heavy atom. The Hall–Kier alpha value is -2.30. The topological polar surface area (TPSA) is 64.4 Å². The van der Waals surface area contributed by atoms with Crippen molar-refractivity contribution in [3.8, 4) is 11.4 Å². The lowest BCUT2D eigenvalue weighted by Gasteiger charge is -2.10. The third kappa shape index (κ3) is 2.99. The molecule has 1 heterocycles. The van der Waals surface area contributed by atoms with Gasteiger partial charge in [-0.3, -0.25) is 4.79 Å². The van der Waals surface area contributed by atoms with E-state index in [2.05, 4.69) is 18.9 Å². The summed E-state index contributed by atoms with van der Waals surface area (Å²) in [6.45, 7) is 4.11. The van der Waals surface area contributed by atoms with Gasteiger partial charge >= 0.3 is 5.97 Å². The van der Waals surface area contributed by atoms with Crippen LogP contribution in [0, 0.1) is 0 Å². The molecule has 106 valence electrons.